The van der Waals surface area contributed by atoms with Crippen molar-refractivity contribution in [1.29, 1.82) is 0 Å². The molecule has 0 spiro atoms. The summed E-state index contributed by atoms with van der Waals surface area (Å²) < 4.78 is 1.70. The van der Waals surface area contributed by atoms with E-state index in [1.165, 1.54) is 23.1 Å². The molecule has 1 amide bonds. The van der Waals surface area contributed by atoms with Gasteiger partial charge in [-0.3, -0.25) is 10.1 Å². The van der Waals surface area contributed by atoms with Crippen LogP contribution < -0.4 is 5.32 Å². The highest BCUT2D eigenvalue weighted by Gasteiger charge is 2.12. The number of amides is 1. The molecule has 26 heavy (non-hydrogen) atoms. The van der Waals surface area contributed by atoms with E-state index in [0.717, 1.165) is 21.3 Å². The highest BCUT2D eigenvalue weighted by atomic mass is 32.2. The number of nitrogens with one attached hydrogen (secondary N) is 1. The van der Waals surface area contributed by atoms with Crippen LogP contribution in [0.15, 0.2) is 34.7 Å². The molecule has 0 aliphatic heterocycles. The Morgan fingerprint density at radius 3 is 2.92 bits per heavy atom. The highest BCUT2D eigenvalue weighted by Crippen LogP contribution is 2.24. The zero-order valence-electron chi connectivity index (χ0n) is 13.6. The highest BCUT2D eigenvalue weighted by molar-refractivity contribution is 7.99. The molecular formula is C15H13N7OS3. The van der Waals surface area contributed by atoms with E-state index in [9.17, 15) is 4.79 Å². The Kier molecular flexibility index (Phi) is 4.91. The molecule has 11 heteroatoms. The summed E-state index contributed by atoms with van der Waals surface area (Å²) in [6.07, 6.45) is 0.803. The van der Waals surface area contributed by atoms with Crippen molar-refractivity contribution in [3.05, 3.63) is 34.7 Å². The third-order valence-corrected chi connectivity index (χ3v) is 6.12. The van der Waals surface area contributed by atoms with Gasteiger partial charge in [0.25, 0.3) is 0 Å². The SMILES string of the molecule is CCc1nnc(NC(=O)CSc2ccc3nnc(-c4cccs4)n3n2)s1. The Morgan fingerprint density at radius 1 is 1.23 bits per heavy atom. The summed E-state index contributed by atoms with van der Waals surface area (Å²) in [5.74, 6) is 0.788. The van der Waals surface area contributed by atoms with Gasteiger partial charge in [0.05, 0.1) is 10.6 Å². The lowest BCUT2D eigenvalue weighted by atomic mass is 10.4. The molecule has 1 N–H and O–H groups in total. The number of carbonyl (C=O) groups is 1. The van der Waals surface area contributed by atoms with Crippen LogP contribution in [-0.4, -0.2) is 41.7 Å². The van der Waals surface area contributed by atoms with Gasteiger partial charge in [-0.25, -0.2) is 0 Å². The summed E-state index contributed by atoms with van der Waals surface area (Å²) in [5, 5.41) is 27.7. The molecule has 0 unspecified atom stereocenters. The maximum Gasteiger partial charge on any atom is 0.236 e. The molecule has 0 atom stereocenters. The van der Waals surface area contributed by atoms with Crippen molar-refractivity contribution in [1.82, 2.24) is 30.0 Å². The number of rotatable bonds is 6. The van der Waals surface area contributed by atoms with E-state index in [1.807, 2.05) is 36.6 Å². The number of aromatic nitrogens is 6. The number of anilines is 1. The Bertz CT molecular complexity index is 1040. The van der Waals surface area contributed by atoms with E-state index in [2.05, 4.69) is 30.8 Å². The largest absolute Gasteiger partial charge is 0.300 e. The molecule has 0 saturated carbocycles. The molecule has 4 aromatic rings. The fraction of sp³-hybridized carbons (Fsp3) is 0.200. The number of aryl methyl sites for hydroxylation is 1. The fourth-order valence-electron chi connectivity index (χ4n) is 2.15. The zero-order chi connectivity index (χ0) is 17.9. The van der Waals surface area contributed by atoms with Crippen LogP contribution in [-0.2, 0) is 11.2 Å². The number of carbonyl (C=O) groups excluding carboxylic acids is 1. The molecule has 0 bridgehead atoms. The summed E-state index contributed by atoms with van der Waals surface area (Å²) in [5.41, 5.74) is 0.670. The molecule has 0 saturated heterocycles. The third kappa shape index (κ3) is 3.59. The van der Waals surface area contributed by atoms with Gasteiger partial charge in [0.15, 0.2) is 11.5 Å². The third-order valence-electron chi connectivity index (χ3n) is 3.35. The van der Waals surface area contributed by atoms with Gasteiger partial charge >= 0.3 is 0 Å². The number of fused-ring (bicyclic) bond motifs is 1. The minimum Gasteiger partial charge on any atom is -0.300 e. The van der Waals surface area contributed by atoms with Crippen LogP contribution in [0.1, 0.15) is 11.9 Å². The average molecular weight is 404 g/mol. The Labute approximate surface area is 160 Å². The maximum atomic E-state index is 12.1. The number of thioether (sulfide) groups is 1. The minimum atomic E-state index is -0.141. The first kappa shape index (κ1) is 17.1. The molecular weight excluding hydrogens is 390 g/mol. The molecule has 0 radical (unpaired) electrons. The maximum absolute atomic E-state index is 12.1. The van der Waals surface area contributed by atoms with Gasteiger partial charge in [0.1, 0.15) is 10.0 Å². The smallest absolute Gasteiger partial charge is 0.236 e. The van der Waals surface area contributed by atoms with Gasteiger partial charge in [-0.1, -0.05) is 36.1 Å². The van der Waals surface area contributed by atoms with Crippen molar-refractivity contribution in [2.75, 3.05) is 11.1 Å². The van der Waals surface area contributed by atoms with Crippen LogP contribution in [0, 0.1) is 0 Å². The van der Waals surface area contributed by atoms with E-state index in [-0.39, 0.29) is 11.7 Å². The first-order valence-electron chi connectivity index (χ1n) is 7.74. The van der Waals surface area contributed by atoms with Crippen LogP contribution in [0.25, 0.3) is 16.3 Å². The predicted molar refractivity (Wildman–Crippen MR) is 103 cm³/mol. The lowest BCUT2D eigenvalue weighted by molar-refractivity contribution is -0.113. The number of hydrogen-bond donors (Lipinski definition) is 1. The molecule has 0 aliphatic carbocycles. The van der Waals surface area contributed by atoms with Gasteiger partial charge < -0.3 is 0 Å². The van der Waals surface area contributed by atoms with Crippen LogP contribution in [0.5, 0.6) is 0 Å². The first-order chi connectivity index (χ1) is 12.7. The molecule has 0 fully saturated rings. The van der Waals surface area contributed by atoms with E-state index in [4.69, 9.17) is 0 Å². The Balaban J connectivity index is 1.45. The number of nitrogens with zero attached hydrogens (tertiary/aromatic N) is 6. The minimum absolute atomic E-state index is 0.141. The summed E-state index contributed by atoms with van der Waals surface area (Å²) in [7, 11) is 0. The monoisotopic (exact) mass is 403 g/mol. The molecule has 132 valence electrons. The van der Waals surface area contributed by atoms with Gasteiger partial charge in [-0.2, -0.15) is 9.61 Å². The summed E-state index contributed by atoms with van der Waals surface area (Å²) in [6, 6.07) is 7.61. The molecule has 4 heterocycles. The number of hydrogen-bond acceptors (Lipinski definition) is 9. The van der Waals surface area contributed by atoms with Gasteiger partial charge in [0, 0.05) is 0 Å². The van der Waals surface area contributed by atoms with Crippen molar-refractivity contribution < 1.29 is 4.79 Å². The van der Waals surface area contributed by atoms with Gasteiger partial charge in [-0.05, 0) is 30.0 Å². The van der Waals surface area contributed by atoms with Crippen LogP contribution in [0.2, 0.25) is 0 Å². The lowest BCUT2D eigenvalue weighted by Crippen LogP contribution is -2.14. The van der Waals surface area contributed by atoms with Crippen LogP contribution >= 0.6 is 34.4 Å². The summed E-state index contributed by atoms with van der Waals surface area (Å²) in [6.45, 7) is 2.00. The second-order valence-corrected chi connectivity index (χ2v) is 8.14. The quantitative estimate of drug-likeness (QED) is 0.494. The molecule has 0 aliphatic rings. The first-order valence-corrected chi connectivity index (χ1v) is 10.4. The number of thiophene rings is 1. The second-order valence-electron chi connectivity index (χ2n) is 5.13. The lowest BCUT2D eigenvalue weighted by Gasteiger charge is -2.02. The Hall–Kier alpha value is -2.37. The average Bonchev–Trinajstić information content (AvgIpc) is 3.39. The van der Waals surface area contributed by atoms with Crippen molar-refractivity contribution in [2.45, 2.75) is 18.4 Å². The van der Waals surface area contributed by atoms with Crippen molar-refractivity contribution >= 4 is 51.1 Å². The van der Waals surface area contributed by atoms with E-state index >= 15 is 0 Å². The van der Waals surface area contributed by atoms with Gasteiger partial charge in [-0.15, -0.1) is 31.7 Å². The van der Waals surface area contributed by atoms with Gasteiger partial charge in [0.2, 0.25) is 11.0 Å². The molecule has 4 rings (SSSR count). The van der Waals surface area contributed by atoms with E-state index in [1.54, 1.807) is 15.9 Å². The molecule has 4 aromatic heterocycles. The Morgan fingerprint density at radius 2 is 2.15 bits per heavy atom. The van der Waals surface area contributed by atoms with Crippen LogP contribution in [0.4, 0.5) is 5.13 Å². The topological polar surface area (TPSA) is 98.0 Å². The van der Waals surface area contributed by atoms with Crippen molar-refractivity contribution in [3.63, 3.8) is 0 Å². The zero-order valence-corrected chi connectivity index (χ0v) is 16.1. The summed E-state index contributed by atoms with van der Waals surface area (Å²) in [4.78, 5) is 13.1. The second kappa shape index (κ2) is 7.48. The standard InChI is InChI=1S/C15H13N7OS3/c1-2-12-18-20-15(26-12)16-11(23)8-25-13-6-5-10-17-19-14(22(10)21-13)9-4-3-7-24-9/h3-7H,2,8H2,1H3,(H,16,20,23). The van der Waals surface area contributed by atoms with E-state index in [0.29, 0.717) is 16.6 Å². The molecule has 0 aromatic carbocycles. The normalized spacial score (nSPS) is 11.1. The summed E-state index contributed by atoms with van der Waals surface area (Å²) >= 11 is 4.31. The predicted octanol–water partition coefficient (Wildman–Crippen LogP) is 3.00. The van der Waals surface area contributed by atoms with Crippen molar-refractivity contribution in [2.24, 2.45) is 0 Å². The fourth-order valence-corrected chi connectivity index (χ4v) is 4.19. The molecule has 8 nitrogen and oxygen atoms in total. The van der Waals surface area contributed by atoms with Crippen LogP contribution in [0.3, 0.4) is 0 Å². The van der Waals surface area contributed by atoms with Crippen molar-refractivity contribution in [3.8, 4) is 10.7 Å². The van der Waals surface area contributed by atoms with E-state index < -0.39 is 0 Å².